The molecule has 2 nitrogen and oxygen atoms in total. The lowest BCUT2D eigenvalue weighted by atomic mass is 9.32. The molecule has 0 radical (unpaired) electrons. The molecule has 0 heterocycles. The molecule has 0 aliphatic heterocycles. The van der Waals surface area contributed by atoms with Gasteiger partial charge in [-0.2, -0.15) is 0 Å². The Morgan fingerprint density at radius 3 is 2.12 bits per heavy atom. The Labute approximate surface area is 210 Å². The highest BCUT2D eigenvalue weighted by Crippen LogP contribution is 2.77. The van der Waals surface area contributed by atoms with Crippen LogP contribution in [0.2, 0.25) is 0 Å². The van der Waals surface area contributed by atoms with Crippen molar-refractivity contribution in [1.82, 2.24) is 0 Å². The molecule has 9 atom stereocenters. The third kappa shape index (κ3) is 3.08. The molecule has 5 saturated carbocycles. The van der Waals surface area contributed by atoms with E-state index in [0.29, 0.717) is 27.6 Å². The highest BCUT2D eigenvalue weighted by molar-refractivity contribution is 5.66. The molecule has 9 unspecified atom stereocenters. The normalized spacial score (nSPS) is 51.6. The van der Waals surface area contributed by atoms with E-state index in [9.17, 15) is 4.79 Å². The second-order valence-electron chi connectivity index (χ2n) is 15.3. The molecule has 192 valence electrons. The van der Waals surface area contributed by atoms with Gasteiger partial charge in [-0.05, 0) is 123 Å². The van der Waals surface area contributed by atoms with Crippen molar-refractivity contribution in [2.75, 3.05) is 0 Å². The monoisotopic (exact) mass is 468 g/mol. The first-order chi connectivity index (χ1) is 15.7. The van der Waals surface area contributed by atoms with Gasteiger partial charge in [-0.1, -0.05) is 52.7 Å². The van der Waals surface area contributed by atoms with E-state index in [0.717, 1.165) is 24.2 Å². The van der Waals surface area contributed by atoms with Crippen molar-refractivity contribution in [2.24, 2.45) is 50.7 Å². The molecule has 0 aromatic carbocycles. The van der Waals surface area contributed by atoms with Crippen molar-refractivity contribution < 1.29 is 9.53 Å². The van der Waals surface area contributed by atoms with Crippen molar-refractivity contribution in [3.05, 3.63) is 11.1 Å². The summed E-state index contributed by atoms with van der Waals surface area (Å²) >= 11 is 0. The molecule has 0 saturated heterocycles. The number of fused-ring (bicyclic) bond motifs is 7. The predicted molar refractivity (Wildman–Crippen MR) is 140 cm³/mol. The van der Waals surface area contributed by atoms with Crippen molar-refractivity contribution in [2.45, 2.75) is 133 Å². The standard InChI is InChI=1S/C32H52O2/c1-20(2)22-12-15-29(6)18-19-31(8)23(27(22)29)10-11-25-30(7)16-14-26(34-21(3)33)28(4,5)24(30)13-17-32(25,31)9/h23-27H,10-19H2,1-9H3. The van der Waals surface area contributed by atoms with E-state index in [-0.39, 0.29) is 17.5 Å². The summed E-state index contributed by atoms with van der Waals surface area (Å²) in [7, 11) is 0. The van der Waals surface area contributed by atoms with E-state index in [1.54, 1.807) is 12.5 Å². The molecule has 34 heavy (non-hydrogen) atoms. The minimum atomic E-state index is -0.104. The minimum absolute atomic E-state index is 0.0591. The zero-order valence-electron chi connectivity index (χ0n) is 23.8. The average molecular weight is 469 g/mol. The van der Waals surface area contributed by atoms with Gasteiger partial charge in [0.2, 0.25) is 0 Å². The van der Waals surface area contributed by atoms with Crippen LogP contribution in [0.1, 0.15) is 127 Å². The van der Waals surface area contributed by atoms with Gasteiger partial charge >= 0.3 is 5.97 Å². The lowest BCUT2D eigenvalue weighted by molar-refractivity contribution is -0.245. The number of ether oxygens (including phenoxy) is 1. The fourth-order valence-electron chi connectivity index (χ4n) is 11.6. The van der Waals surface area contributed by atoms with Crippen LogP contribution in [0.5, 0.6) is 0 Å². The summed E-state index contributed by atoms with van der Waals surface area (Å²) in [5.74, 6) is 3.00. The van der Waals surface area contributed by atoms with Gasteiger partial charge in [-0.15, -0.1) is 0 Å². The van der Waals surface area contributed by atoms with Crippen LogP contribution in [-0.4, -0.2) is 12.1 Å². The predicted octanol–water partition coefficient (Wildman–Crippen LogP) is 8.74. The molecule has 5 rings (SSSR count). The van der Waals surface area contributed by atoms with E-state index in [1.165, 1.54) is 57.8 Å². The van der Waals surface area contributed by atoms with E-state index < -0.39 is 0 Å². The maximum absolute atomic E-state index is 11.9. The van der Waals surface area contributed by atoms with Crippen LogP contribution in [-0.2, 0) is 9.53 Å². The molecule has 2 heteroatoms. The van der Waals surface area contributed by atoms with Gasteiger partial charge in [-0.25, -0.2) is 0 Å². The molecule has 5 aliphatic carbocycles. The number of hydrogen-bond donors (Lipinski definition) is 0. The summed E-state index contributed by atoms with van der Waals surface area (Å²) in [6.45, 7) is 21.9. The maximum Gasteiger partial charge on any atom is 0.302 e. The maximum atomic E-state index is 11.9. The topological polar surface area (TPSA) is 26.3 Å². The van der Waals surface area contributed by atoms with Crippen LogP contribution in [0.25, 0.3) is 0 Å². The van der Waals surface area contributed by atoms with Crippen LogP contribution in [0.4, 0.5) is 0 Å². The zero-order chi connectivity index (χ0) is 24.9. The Morgan fingerprint density at radius 1 is 0.765 bits per heavy atom. The van der Waals surface area contributed by atoms with E-state index >= 15 is 0 Å². The molecule has 0 aromatic rings. The fourth-order valence-corrected chi connectivity index (χ4v) is 11.6. The smallest absolute Gasteiger partial charge is 0.302 e. The van der Waals surface area contributed by atoms with Crippen molar-refractivity contribution in [3.8, 4) is 0 Å². The summed E-state index contributed by atoms with van der Waals surface area (Å²) in [6, 6.07) is 0. The molecule has 0 amide bonds. The van der Waals surface area contributed by atoms with Crippen LogP contribution in [0, 0.1) is 50.7 Å². The molecule has 0 aromatic heterocycles. The lowest BCUT2D eigenvalue weighted by Gasteiger charge is -2.72. The first-order valence-electron chi connectivity index (χ1n) is 14.5. The van der Waals surface area contributed by atoms with E-state index in [2.05, 4.69) is 55.4 Å². The third-order valence-electron chi connectivity index (χ3n) is 13.5. The van der Waals surface area contributed by atoms with Crippen LogP contribution < -0.4 is 0 Å². The number of hydrogen-bond acceptors (Lipinski definition) is 2. The summed E-state index contributed by atoms with van der Waals surface area (Å²) in [5.41, 5.74) is 5.26. The van der Waals surface area contributed by atoms with Crippen LogP contribution in [0.15, 0.2) is 11.1 Å². The van der Waals surface area contributed by atoms with Gasteiger partial charge in [0.1, 0.15) is 6.10 Å². The molecular weight excluding hydrogens is 416 g/mol. The number of esters is 1. The zero-order valence-corrected chi connectivity index (χ0v) is 23.8. The fraction of sp³-hybridized carbons (Fsp3) is 0.906. The molecular formula is C32H52O2. The number of allylic oxidation sites excluding steroid dienone is 2. The molecule has 5 aliphatic rings. The van der Waals surface area contributed by atoms with Gasteiger partial charge in [-0.3, -0.25) is 4.79 Å². The molecule has 0 N–H and O–H groups in total. The Kier molecular flexibility index (Phi) is 5.57. The number of carbonyl (C=O) groups excluding carboxylic acids is 1. The molecule has 5 fully saturated rings. The largest absolute Gasteiger partial charge is 0.462 e. The second kappa shape index (κ2) is 7.61. The number of rotatable bonds is 1. The quantitative estimate of drug-likeness (QED) is 0.284. The Hall–Kier alpha value is -0.790. The van der Waals surface area contributed by atoms with E-state index in [1.807, 2.05) is 5.57 Å². The van der Waals surface area contributed by atoms with E-state index in [4.69, 9.17) is 4.74 Å². The second-order valence-corrected chi connectivity index (χ2v) is 15.3. The molecule has 0 spiro atoms. The summed E-state index contributed by atoms with van der Waals surface area (Å²) in [4.78, 5) is 11.9. The van der Waals surface area contributed by atoms with Crippen molar-refractivity contribution in [3.63, 3.8) is 0 Å². The van der Waals surface area contributed by atoms with Gasteiger partial charge in [0.05, 0.1) is 0 Å². The minimum Gasteiger partial charge on any atom is -0.462 e. The molecule has 0 bridgehead atoms. The van der Waals surface area contributed by atoms with Gasteiger partial charge in [0.15, 0.2) is 0 Å². The summed E-state index contributed by atoms with van der Waals surface area (Å²) in [6.07, 6.45) is 13.4. The highest BCUT2D eigenvalue weighted by Gasteiger charge is 2.70. The third-order valence-corrected chi connectivity index (χ3v) is 13.5. The summed E-state index contributed by atoms with van der Waals surface area (Å²) in [5, 5.41) is 0. The SMILES string of the molecule is CC(=O)OC1CCC2(C)C(CCC3(C)C2CCC2C4C(=C(C)C)CCC4(C)CCC23C)C1(C)C. The van der Waals surface area contributed by atoms with Gasteiger partial charge in [0.25, 0.3) is 0 Å². The van der Waals surface area contributed by atoms with Crippen molar-refractivity contribution in [1.29, 1.82) is 0 Å². The Bertz CT molecular complexity index is 895. The highest BCUT2D eigenvalue weighted by atomic mass is 16.5. The summed E-state index contributed by atoms with van der Waals surface area (Å²) < 4.78 is 5.92. The Morgan fingerprint density at radius 2 is 1.47 bits per heavy atom. The van der Waals surface area contributed by atoms with Crippen LogP contribution in [0.3, 0.4) is 0 Å². The van der Waals surface area contributed by atoms with Gasteiger partial charge < -0.3 is 4.74 Å². The Balaban J connectivity index is 1.51. The first-order valence-corrected chi connectivity index (χ1v) is 14.5. The van der Waals surface area contributed by atoms with Crippen molar-refractivity contribution >= 4 is 5.97 Å². The van der Waals surface area contributed by atoms with Gasteiger partial charge in [0, 0.05) is 12.3 Å². The lowest BCUT2D eigenvalue weighted by Crippen LogP contribution is -2.66. The van der Waals surface area contributed by atoms with Crippen LogP contribution >= 0.6 is 0 Å². The first kappa shape index (κ1) is 24.9. The number of carbonyl (C=O) groups is 1. The average Bonchev–Trinajstić information content (AvgIpc) is 3.08.